The number of carbonyl (C=O) groups is 1. The molecule has 186 valence electrons. The minimum Gasteiger partial charge on any atom is -0.493 e. The van der Waals surface area contributed by atoms with Crippen LogP contribution in [0.5, 0.6) is 17.2 Å². The fourth-order valence-electron chi connectivity index (χ4n) is 5.54. The van der Waals surface area contributed by atoms with Crippen molar-refractivity contribution in [1.82, 2.24) is 14.8 Å². The Morgan fingerprint density at radius 1 is 1.00 bits per heavy atom. The van der Waals surface area contributed by atoms with Crippen molar-refractivity contribution in [2.75, 3.05) is 47.5 Å². The first-order valence-corrected chi connectivity index (χ1v) is 12.4. The number of piperazine rings is 1. The Hall–Kier alpha value is -3.19. The summed E-state index contributed by atoms with van der Waals surface area (Å²) in [4.78, 5) is 21.3. The predicted octanol–water partition coefficient (Wildman–Crippen LogP) is 4.28. The van der Waals surface area contributed by atoms with E-state index in [0.29, 0.717) is 36.3 Å². The molecule has 0 saturated carbocycles. The quantitative estimate of drug-likeness (QED) is 0.574. The molecule has 1 aromatic heterocycles. The van der Waals surface area contributed by atoms with Gasteiger partial charge in [0.25, 0.3) is 5.91 Å². The van der Waals surface area contributed by atoms with E-state index in [9.17, 15) is 4.79 Å². The molecule has 2 aliphatic rings. The minimum atomic E-state index is 0.119. The molecule has 1 atom stereocenters. The van der Waals surface area contributed by atoms with Crippen molar-refractivity contribution < 1.29 is 19.0 Å². The molecular formula is C28H35N3O4. The van der Waals surface area contributed by atoms with Crippen LogP contribution in [0.2, 0.25) is 0 Å². The zero-order chi connectivity index (χ0) is 24.5. The van der Waals surface area contributed by atoms with Gasteiger partial charge in [0.05, 0.1) is 21.3 Å². The highest BCUT2D eigenvalue weighted by molar-refractivity contribution is 5.99. The van der Waals surface area contributed by atoms with Crippen molar-refractivity contribution in [3.8, 4) is 17.2 Å². The van der Waals surface area contributed by atoms with Crippen LogP contribution in [-0.2, 0) is 19.4 Å². The van der Waals surface area contributed by atoms with Gasteiger partial charge in [0, 0.05) is 60.4 Å². The maximum absolute atomic E-state index is 13.4. The number of hydrogen-bond donors (Lipinski definition) is 1. The summed E-state index contributed by atoms with van der Waals surface area (Å²) in [6.45, 7) is 6.06. The molecule has 0 spiro atoms. The van der Waals surface area contributed by atoms with E-state index in [1.165, 1.54) is 23.1 Å². The predicted molar refractivity (Wildman–Crippen MR) is 137 cm³/mol. The Balaban J connectivity index is 1.27. The first kappa shape index (κ1) is 23.5. The van der Waals surface area contributed by atoms with E-state index < -0.39 is 0 Å². The number of aromatic nitrogens is 1. The van der Waals surface area contributed by atoms with Gasteiger partial charge in [-0.25, -0.2) is 0 Å². The Labute approximate surface area is 206 Å². The van der Waals surface area contributed by atoms with Crippen molar-refractivity contribution in [3.63, 3.8) is 0 Å². The Morgan fingerprint density at radius 2 is 1.77 bits per heavy atom. The Morgan fingerprint density at radius 3 is 2.49 bits per heavy atom. The first-order chi connectivity index (χ1) is 17.0. The van der Waals surface area contributed by atoms with Crippen LogP contribution < -0.4 is 14.2 Å². The fourth-order valence-corrected chi connectivity index (χ4v) is 5.54. The van der Waals surface area contributed by atoms with Crippen molar-refractivity contribution in [3.05, 3.63) is 52.7 Å². The average molecular weight is 478 g/mol. The Bertz CT molecular complexity index is 1230. The topological polar surface area (TPSA) is 67.0 Å². The summed E-state index contributed by atoms with van der Waals surface area (Å²) in [7, 11) is 4.89. The molecule has 5 rings (SSSR count). The summed E-state index contributed by atoms with van der Waals surface area (Å²) in [5.41, 5.74) is 5.73. The lowest BCUT2D eigenvalue weighted by Gasteiger charge is -2.35. The SMILES string of the molecule is COc1ccc(CN2CCN(C(=O)c3ccc4[nH]c5c(c4c3)C[C@H](C)CC5)CC2)c(OC)c1OC. The summed E-state index contributed by atoms with van der Waals surface area (Å²) in [6, 6.07) is 10.1. The third-order valence-electron chi connectivity index (χ3n) is 7.52. The summed E-state index contributed by atoms with van der Waals surface area (Å²) < 4.78 is 16.6. The van der Waals surface area contributed by atoms with Gasteiger partial charge in [0.2, 0.25) is 5.75 Å². The summed E-state index contributed by atoms with van der Waals surface area (Å²) in [5.74, 6) is 2.77. The van der Waals surface area contributed by atoms with Gasteiger partial charge in [-0.2, -0.15) is 0 Å². The van der Waals surface area contributed by atoms with Crippen molar-refractivity contribution in [2.24, 2.45) is 5.92 Å². The van der Waals surface area contributed by atoms with E-state index >= 15 is 0 Å². The van der Waals surface area contributed by atoms with Gasteiger partial charge in [-0.3, -0.25) is 9.69 Å². The number of fused-ring (bicyclic) bond motifs is 3. The maximum Gasteiger partial charge on any atom is 0.253 e. The Kier molecular flexibility index (Phi) is 6.60. The lowest BCUT2D eigenvalue weighted by atomic mass is 9.87. The lowest BCUT2D eigenvalue weighted by Crippen LogP contribution is -2.48. The highest BCUT2D eigenvalue weighted by Gasteiger charge is 2.26. The van der Waals surface area contributed by atoms with E-state index in [1.54, 1.807) is 21.3 Å². The second kappa shape index (κ2) is 9.82. The van der Waals surface area contributed by atoms with Gasteiger partial charge < -0.3 is 24.1 Å². The number of nitrogens with one attached hydrogen (secondary N) is 1. The van der Waals surface area contributed by atoms with Gasteiger partial charge in [-0.1, -0.05) is 13.0 Å². The standard InChI is InChI=1S/C28H35N3O4/c1-18-5-8-23-21(15-18)22-16-19(6-9-24(22)29-23)28(32)31-13-11-30(12-14-31)17-20-7-10-25(33-2)27(35-4)26(20)34-3/h6-7,9-10,16,18,29H,5,8,11-15,17H2,1-4H3/t18-/m1/s1. The molecule has 35 heavy (non-hydrogen) atoms. The minimum absolute atomic E-state index is 0.119. The summed E-state index contributed by atoms with van der Waals surface area (Å²) >= 11 is 0. The van der Waals surface area contributed by atoms with Gasteiger partial charge in [0.1, 0.15) is 0 Å². The number of nitrogens with zero attached hydrogens (tertiary/aromatic N) is 2. The van der Waals surface area contributed by atoms with Crippen LogP contribution in [0, 0.1) is 5.92 Å². The smallest absolute Gasteiger partial charge is 0.253 e. The van der Waals surface area contributed by atoms with Crippen molar-refractivity contribution in [1.29, 1.82) is 0 Å². The number of carbonyl (C=O) groups excluding carboxylic acids is 1. The molecule has 1 saturated heterocycles. The third-order valence-corrected chi connectivity index (χ3v) is 7.52. The van der Waals surface area contributed by atoms with Crippen LogP contribution in [-0.4, -0.2) is 68.2 Å². The van der Waals surface area contributed by atoms with E-state index in [0.717, 1.165) is 49.1 Å². The molecular weight excluding hydrogens is 442 g/mol. The fraction of sp³-hybridized carbons (Fsp3) is 0.464. The van der Waals surface area contributed by atoms with Crippen molar-refractivity contribution in [2.45, 2.75) is 32.7 Å². The molecule has 1 aliphatic heterocycles. The van der Waals surface area contributed by atoms with E-state index in [-0.39, 0.29) is 5.91 Å². The molecule has 1 fully saturated rings. The summed E-state index contributed by atoms with van der Waals surface area (Å²) in [5, 5.41) is 1.22. The number of rotatable bonds is 6. The van der Waals surface area contributed by atoms with Crippen molar-refractivity contribution >= 4 is 16.8 Å². The van der Waals surface area contributed by atoms with Crippen LogP contribution in [0.25, 0.3) is 10.9 Å². The third kappa shape index (κ3) is 4.45. The maximum atomic E-state index is 13.4. The second-order valence-electron chi connectivity index (χ2n) is 9.75. The number of methoxy groups -OCH3 is 3. The number of benzene rings is 2. The first-order valence-electron chi connectivity index (χ1n) is 12.4. The number of aromatic amines is 1. The van der Waals surface area contributed by atoms with Gasteiger partial charge >= 0.3 is 0 Å². The number of H-pyrrole nitrogens is 1. The van der Waals surface area contributed by atoms with E-state index in [2.05, 4.69) is 28.9 Å². The molecule has 7 nitrogen and oxygen atoms in total. The number of ether oxygens (including phenoxy) is 3. The zero-order valence-corrected chi connectivity index (χ0v) is 21.1. The van der Waals surface area contributed by atoms with Gasteiger partial charge in [0.15, 0.2) is 11.5 Å². The molecule has 2 heterocycles. The zero-order valence-electron chi connectivity index (χ0n) is 21.1. The molecule has 0 bridgehead atoms. The molecule has 1 amide bonds. The molecule has 2 aromatic carbocycles. The normalized spacial score (nSPS) is 18.4. The van der Waals surface area contributed by atoms with Gasteiger partial charge in [-0.05, 0) is 55.0 Å². The van der Waals surface area contributed by atoms with E-state index in [1.807, 2.05) is 23.1 Å². The van der Waals surface area contributed by atoms with Crippen LogP contribution in [0.4, 0.5) is 0 Å². The van der Waals surface area contributed by atoms with Crippen LogP contribution in [0.1, 0.15) is 40.5 Å². The highest BCUT2D eigenvalue weighted by Crippen LogP contribution is 2.40. The number of hydrogen-bond acceptors (Lipinski definition) is 5. The van der Waals surface area contributed by atoms with Crippen LogP contribution >= 0.6 is 0 Å². The summed E-state index contributed by atoms with van der Waals surface area (Å²) in [6.07, 6.45) is 3.41. The second-order valence-corrected chi connectivity index (χ2v) is 9.75. The number of aryl methyl sites for hydroxylation is 1. The molecule has 7 heteroatoms. The molecule has 1 aliphatic carbocycles. The monoisotopic (exact) mass is 477 g/mol. The molecule has 0 radical (unpaired) electrons. The van der Waals surface area contributed by atoms with Crippen LogP contribution in [0.15, 0.2) is 30.3 Å². The average Bonchev–Trinajstić information content (AvgIpc) is 3.25. The largest absolute Gasteiger partial charge is 0.493 e. The van der Waals surface area contributed by atoms with Gasteiger partial charge in [-0.15, -0.1) is 0 Å². The highest BCUT2D eigenvalue weighted by atomic mass is 16.5. The molecule has 3 aromatic rings. The lowest BCUT2D eigenvalue weighted by molar-refractivity contribution is 0.0627. The number of amides is 1. The molecule has 1 N–H and O–H groups in total. The van der Waals surface area contributed by atoms with Crippen LogP contribution in [0.3, 0.4) is 0 Å². The molecule has 0 unspecified atom stereocenters. The van der Waals surface area contributed by atoms with E-state index in [4.69, 9.17) is 14.2 Å².